The number of fused-ring (bicyclic) bond motifs is 1. The van der Waals surface area contributed by atoms with E-state index in [1.54, 1.807) is 24.3 Å². The molecule has 0 radical (unpaired) electrons. The molecular weight excluding hydrogens is 518 g/mol. The van der Waals surface area contributed by atoms with E-state index >= 15 is 0 Å². The number of amides is 1. The Hall–Kier alpha value is -3.13. The molecule has 3 aromatic rings. The Balaban J connectivity index is 1.38. The highest BCUT2D eigenvalue weighted by atomic mass is 32.2. The van der Waals surface area contributed by atoms with E-state index in [0.29, 0.717) is 65.9 Å². The Morgan fingerprint density at radius 2 is 2.00 bits per heavy atom. The molecule has 0 bridgehead atoms. The van der Waals surface area contributed by atoms with E-state index in [1.807, 2.05) is 11.9 Å². The molecule has 1 amide bonds. The van der Waals surface area contributed by atoms with E-state index in [0.717, 1.165) is 0 Å². The van der Waals surface area contributed by atoms with Gasteiger partial charge in [0, 0.05) is 25.6 Å². The molecule has 2 N–H and O–H groups in total. The Kier molecular flexibility index (Phi) is 7.38. The fourth-order valence-electron chi connectivity index (χ4n) is 3.82. The summed E-state index contributed by atoms with van der Waals surface area (Å²) in [6, 6.07) is 9.71. The molecule has 0 spiro atoms. The lowest BCUT2D eigenvalue weighted by atomic mass is 10.1. The van der Waals surface area contributed by atoms with Crippen molar-refractivity contribution in [3.8, 4) is 0 Å². The quantitative estimate of drug-likeness (QED) is 0.289. The van der Waals surface area contributed by atoms with E-state index in [4.69, 9.17) is 9.57 Å². The Morgan fingerprint density at radius 3 is 2.68 bits per heavy atom. The number of aliphatic hydroxyl groups is 1. The van der Waals surface area contributed by atoms with Crippen LogP contribution in [0.25, 0.3) is 10.3 Å². The third-order valence-corrected chi connectivity index (χ3v) is 9.26. The fourth-order valence-corrected chi connectivity index (χ4v) is 6.30. The molecule has 37 heavy (non-hydrogen) atoms. The molecule has 2 fully saturated rings. The van der Waals surface area contributed by atoms with Gasteiger partial charge in [-0.05, 0) is 37.1 Å². The minimum absolute atomic E-state index is 0.00199. The molecule has 1 aliphatic heterocycles. The average molecular weight is 546 g/mol. The van der Waals surface area contributed by atoms with Crippen LogP contribution in [0, 0.1) is 0 Å². The first-order chi connectivity index (χ1) is 17.8. The first kappa shape index (κ1) is 25.5. The van der Waals surface area contributed by atoms with Crippen molar-refractivity contribution in [3.05, 3.63) is 42.0 Å². The molecule has 1 saturated heterocycles. The van der Waals surface area contributed by atoms with E-state index < -0.39 is 15.7 Å². The molecule has 1 saturated carbocycles. The number of thiazole rings is 1. The number of hydrogen-bond acceptors (Lipinski definition) is 11. The molecule has 11 nitrogen and oxygen atoms in total. The number of ether oxygens (including phenoxy) is 1. The van der Waals surface area contributed by atoms with E-state index in [1.165, 1.54) is 23.5 Å². The molecular formula is C24H27N5O6S2. The van der Waals surface area contributed by atoms with Gasteiger partial charge in [-0.25, -0.2) is 18.4 Å². The SMILES string of the molecule is CN(CCO)c1ccc2nc(NC(=O)/C(=N/O[C@@H]3CCOC3)c3ccc(S(=O)(=O)C4CC4)cc3)sc2n1. The lowest BCUT2D eigenvalue weighted by molar-refractivity contribution is -0.110. The molecule has 1 atom stereocenters. The number of likely N-dealkylation sites (N-methyl/N-ethyl adjacent to an activating group) is 1. The van der Waals surface area contributed by atoms with Crippen LogP contribution in [0.15, 0.2) is 46.4 Å². The first-order valence-electron chi connectivity index (χ1n) is 11.9. The molecule has 196 valence electrons. The van der Waals surface area contributed by atoms with Gasteiger partial charge in [-0.3, -0.25) is 10.1 Å². The number of rotatable bonds is 10. The largest absolute Gasteiger partial charge is 0.395 e. The van der Waals surface area contributed by atoms with Gasteiger partial charge in [0.15, 0.2) is 26.8 Å². The number of sulfone groups is 1. The highest BCUT2D eigenvalue weighted by Gasteiger charge is 2.36. The fraction of sp³-hybridized carbons (Fsp3) is 0.417. The van der Waals surface area contributed by atoms with Crippen molar-refractivity contribution in [2.75, 3.05) is 43.6 Å². The topological polar surface area (TPSA) is 143 Å². The van der Waals surface area contributed by atoms with Gasteiger partial charge in [0.25, 0.3) is 5.91 Å². The van der Waals surface area contributed by atoms with Crippen molar-refractivity contribution in [1.29, 1.82) is 0 Å². The summed E-state index contributed by atoms with van der Waals surface area (Å²) in [6.45, 7) is 1.38. The maximum atomic E-state index is 13.3. The number of nitrogens with zero attached hydrogens (tertiary/aromatic N) is 4. The second-order valence-electron chi connectivity index (χ2n) is 8.91. The average Bonchev–Trinajstić information content (AvgIpc) is 3.49. The maximum Gasteiger partial charge on any atom is 0.280 e. The van der Waals surface area contributed by atoms with Gasteiger partial charge in [0.2, 0.25) is 0 Å². The van der Waals surface area contributed by atoms with E-state index in [9.17, 15) is 18.3 Å². The van der Waals surface area contributed by atoms with Gasteiger partial charge in [-0.1, -0.05) is 28.6 Å². The summed E-state index contributed by atoms with van der Waals surface area (Å²) in [4.78, 5) is 30.5. The summed E-state index contributed by atoms with van der Waals surface area (Å²) < 4.78 is 30.4. The van der Waals surface area contributed by atoms with Crippen molar-refractivity contribution < 1.29 is 27.9 Å². The standard InChI is InChI=1S/C24H27N5O6S2/c1-29(11-12-30)20-9-8-19-23(26-20)36-24(25-19)27-22(31)21(28-35-16-10-13-34-14-16)15-2-4-17(5-3-15)37(32,33)18-6-7-18/h2-5,8-9,16,18,30H,6-7,10-14H2,1H3,(H,25,27,31)/b28-21+/t16-/m1/s1. The van der Waals surface area contributed by atoms with Crippen molar-refractivity contribution in [3.63, 3.8) is 0 Å². The molecule has 2 aromatic heterocycles. The van der Waals surface area contributed by atoms with Crippen molar-refractivity contribution in [2.45, 2.75) is 35.5 Å². The van der Waals surface area contributed by atoms with Gasteiger partial charge < -0.3 is 19.6 Å². The lowest BCUT2D eigenvalue weighted by Gasteiger charge is -2.15. The first-order valence-corrected chi connectivity index (χ1v) is 14.3. The number of carbonyl (C=O) groups is 1. The zero-order chi connectivity index (χ0) is 26.0. The number of aliphatic hydroxyl groups excluding tert-OH is 1. The van der Waals surface area contributed by atoms with Crippen LogP contribution in [0.3, 0.4) is 0 Å². The van der Waals surface area contributed by atoms with Crippen molar-refractivity contribution >= 4 is 54.1 Å². The highest BCUT2D eigenvalue weighted by Crippen LogP contribution is 2.33. The molecule has 1 aromatic carbocycles. The number of nitrogens with one attached hydrogen (secondary N) is 1. The predicted octanol–water partition coefficient (Wildman–Crippen LogP) is 2.20. The normalized spacial score (nSPS) is 18.2. The maximum absolute atomic E-state index is 13.3. The van der Waals surface area contributed by atoms with E-state index in [-0.39, 0.29) is 28.6 Å². The van der Waals surface area contributed by atoms with Gasteiger partial charge in [0.1, 0.15) is 16.2 Å². The highest BCUT2D eigenvalue weighted by molar-refractivity contribution is 7.92. The summed E-state index contributed by atoms with van der Waals surface area (Å²) >= 11 is 1.21. The summed E-state index contributed by atoms with van der Waals surface area (Å²) in [5.74, 6) is 0.132. The smallest absolute Gasteiger partial charge is 0.280 e. The van der Waals surface area contributed by atoms with Gasteiger partial charge >= 0.3 is 0 Å². The van der Waals surface area contributed by atoms with Crippen LogP contribution in [0.5, 0.6) is 0 Å². The summed E-state index contributed by atoms with van der Waals surface area (Å²) in [5, 5.41) is 16.1. The van der Waals surface area contributed by atoms with Crippen LogP contribution >= 0.6 is 11.3 Å². The van der Waals surface area contributed by atoms with Gasteiger partial charge in [-0.2, -0.15) is 0 Å². The van der Waals surface area contributed by atoms with Crippen molar-refractivity contribution in [2.24, 2.45) is 5.16 Å². The Bertz CT molecular complexity index is 1410. The number of pyridine rings is 1. The second kappa shape index (κ2) is 10.7. The monoisotopic (exact) mass is 545 g/mol. The third-order valence-electron chi connectivity index (χ3n) is 6.10. The predicted molar refractivity (Wildman–Crippen MR) is 140 cm³/mol. The Morgan fingerprint density at radius 1 is 1.22 bits per heavy atom. The number of hydrogen-bond donors (Lipinski definition) is 2. The number of aromatic nitrogens is 2. The number of carbonyl (C=O) groups excluding carboxylic acids is 1. The van der Waals surface area contributed by atoms with Crippen LogP contribution in [0.1, 0.15) is 24.8 Å². The third kappa shape index (κ3) is 5.74. The molecule has 13 heteroatoms. The van der Waals surface area contributed by atoms with Crippen LogP contribution in [-0.2, 0) is 24.2 Å². The lowest BCUT2D eigenvalue weighted by Crippen LogP contribution is -2.25. The van der Waals surface area contributed by atoms with Crippen LogP contribution < -0.4 is 10.2 Å². The molecule has 1 aliphatic carbocycles. The van der Waals surface area contributed by atoms with Gasteiger partial charge in [0.05, 0.1) is 30.0 Å². The Labute approximate surface area is 218 Å². The van der Waals surface area contributed by atoms with Crippen LogP contribution in [-0.4, -0.2) is 79.9 Å². The molecule has 5 rings (SSSR count). The minimum Gasteiger partial charge on any atom is -0.395 e. The minimum atomic E-state index is -3.35. The second-order valence-corrected chi connectivity index (χ2v) is 12.1. The van der Waals surface area contributed by atoms with E-state index in [2.05, 4.69) is 20.4 Å². The molecule has 2 aliphatic rings. The zero-order valence-corrected chi connectivity index (χ0v) is 21.8. The number of anilines is 2. The molecule has 3 heterocycles. The zero-order valence-electron chi connectivity index (χ0n) is 20.2. The summed E-state index contributed by atoms with van der Waals surface area (Å²) in [5.41, 5.74) is 1.03. The molecule has 0 unspecified atom stereocenters. The van der Waals surface area contributed by atoms with Gasteiger partial charge in [-0.15, -0.1) is 0 Å². The number of benzene rings is 1. The van der Waals surface area contributed by atoms with Crippen LogP contribution in [0.2, 0.25) is 0 Å². The number of oxime groups is 1. The summed E-state index contributed by atoms with van der Waals surface area (Å²) in [7, 11) is -1.52. The summed E-state index contributed by atoms with van der Waals surface area (Å²) in [6.07, 6.45) is 1.74. The van der Waals surface area contributed by atoms with Crippen molar-refractivity contribution in [1.82, 2.24) is 9.97 Å². The van der Waals surface area contributed by atoms with Crippen LogP contribution in [0.4, 0.5) is 10.9 Å².